The molecule has 0 aromatic heterocycles. The Kier molecular flexibility index (Phi) is 5.67. The second-order valence-electron chi connectivity index (χ2n) is 5.00. The van der Waals surface area contributed by atoms with E-state index in [0.717, 1.165) is 25.3 Å². The molecule has 18 heavy (non-hydrogen) atoms. The first-order valence-electron chi connectivity index (χ1n) is 6.41. The molecule has 0 aliphatic rings. The van der Waals surface area contributed by atoms with Crippen molar-refractivity contribution >= 4 is 0 Å². The highest BCUT2D eigenvalue weighted by Gasteiger charge is 2.15. The van der Waals surface area contributed by atoms with E-state index >= 15 is 0 Å². The van der Waals surface area contributed by atoms with Gasteiger partial charge in [-0.2, -0.15) is 5.26 Å². The molecule has 0 saturated carbocycles. The third kappa shape index (κ3) is 5.20. The molecule has 1 aromatic rings. The zero-order valence-corrected chi connectivity index (χ0v) is 11.5. The van der Waals surface area contributed by atoms with Crippen molar-refractivity contribution in [1.29, 1.82) is 5.26 Å². The van der Waals surface area contributed by atoms with E-state index in [1.165, 1.54) is 5.56 Å². The Balaban J connectivity index is 2.36. The average Bonchev–Trinajstić information content (AvgIpc) is 2.36. The molecule has 3 nitrogen and oxygen atoms in total. The fourth-order valence-electron chi connectivity index (χ4n) is 1.60. The van der Waals surface area contributed by atoms with Crippen LogP contribution in [-0.4, -0.2) is 13.2 Å². The van der Waals surface area contributed by atoms with Crippen molar-refractivity contribution in [3.8, 4) is 11.8 Å². The number of benzene rings is 1. The summed E-state index contributed by atoms with van der Waals surface area (Å²) in [6.45, 7) is 8.25. The topological polar surface area (TPSA) is 45.0 Å². The predicted octanol–water partition coefficient (Wildman–Crippen LogP) is 3.11. The van der Waals surface area contributed by atoms with Gasteiger partial charge < -0.3 is 10.1 Å². The summed E-state index contributed by atoms with van der Waals surface area (Å²) < 4.78 is 5.45. The lowest BCUT2D eigenvalue weighted by atomic mass is 9.91. The van der Waals surface area contributed by atoms with Crippen molar-refractivity contribution in [3.63, 3.8) is 0 Å². The minimum Gasteiger partial charge on any atom is -0.494 e. The van der Waals surface area contributed by atoms with Crippen molar-refractivity contribution in [2.24, 2.45) is 5.41 Å². The fraction of sp³-hybridized carbons (Fsp3) is 0.533. The van der Waals surface area contributed by atoms with Crippen molar-refractivity contribution in [3.05, 3.63) is 29.8 Å². The molecular weight excluding hydrogens is 224 g/mol. The van der Waals surface area contributed by atoms with Gasteiger partial charge in [0.1, 0.15) is 5.75 Å². The van der Waals surface area contributed by atoms with E-state index in [9.17, 15) is 0 Å². The minimum absolute atomic E-state index is 0.250. The Morgan fingerprint density at radius 1 is 1.39 bits per heavy atom. The summed E-state index contributed by atoms with van der Waals surface area (Å²) in [4.78, 5) is 0. The molecule has 1 rings (SSSR count). The van der Waals surface area contributed by atoms with Crippen LogP contribution in [0.1, 0.15) is 32.8 Å². The van der Waals surface area contributed by atoms with Crippen LogP contribution in [-0.2, 0) is 6.54 Å². The first kappa shape index (κ1) is 14.5. The molecule has 0 unspecified atom stereocenters. The average molecular weight is 246 g/mol. The van der Waals surface area contributed by atoms with Gasteiger partial charge in [-0.1, -0.05) is 12.1 Å². The standard InChI is InChI=1S/C15H22N2O/c1-4-18-14-7-5-6-13(10-14)11-17-9-8-15(2,3)12-16/h5-7,10,17H,4,8-9,11H2,1-3H3. The van der Waals surface area contributed by atoms with Gasteiger partial charge in [0, 0.05) is 6.54 Å². The van der Waals surface area contributed by atoms with E-state index in [4.69, 9.17) is 10.00 Å². The van der Waals surface area contributed by atoms with Crippen molar-refractivity contribution < 1.29 is 4.74 Å². The van der Waals surface area contributed by atoms with E-state index in [2.05, 4.69) is 17.5 Å². The molecule has 0 fully saturated rings. The summed E-state index contributed by atoms with van der Waals surface area (Å²) in [7, 11) is 0. The highest BCUT2D eigenvalue weighted by molar-refractivity contribution is 5.28. The molecule has 0 bridgehead atoms. The molecule has 0 aliphatic heterocycles. The number of hydrogen-bond donors (Lipinski definition) is 1. The SMILES string of the molecule is CCOc1cccc(CNCCC(C)(C)C#N)c1. The predicted molar refractivity (Wildman–Crippen MR) is 73.3 cm³/mol. The Morgan fingerprint density at radius 3 is 2.83 bits per heavy atom. The fourth-order valence-corrected chi connectivity index (χ4v) is 1.60. The summed E-state index contributed by atoms with van der Waals surface area (Å²) in [5.74, 6) is 0.911. The van der Waals surface area contributed by atoms with Gasteiger partial charge in [-0.25, -0.2) is 0 Å². The van der Waals surface area contributed by atoms with Crippen LogP contribution in [0.2, 0.25) is 0 Å². The normalized spacial score (nSPS) is 11.0. The smallest absolute Gasteiger partial charge is 0.119 e. The number of rotatable bonds is 7. The number of hydrogen-bond acceptors (Lipinski definition) is 3. The van der Waals surface area contributed by atoms with Gasteiger partial charge in [0.15, 0.2) is 0 Å². The van der Waals surface area contributed by atoms with Crippen LogP contribution in [0.25, 0.3) is 0 Å². The van der Waals surface area contributed by atoms with Crippen LogP contribution < -0.4 is 10.1 Å². The maximum Gasteiger partial charge on any atom is 0.119 e. The Bertz CT molecular complexity index is 407. The van der Waals surface area contributed by atoms with E-state index < -0.39 is 0 Å². The van der Waals surface area contributed by atoms with Gasteiger partial charge in [-0.15, -0.1) is 0 Å². The highest BCUT2D eigenvalue weighted by Crippen LogP contribution is 2.17. The molecule has 0 atom stereocenters. The van der Waals surface area contributed by atoms with E-state index in [1.54, 1.807) is 0 Å². The van der Waals surface area contributed by atoms with Crippen LogP contribution in [0.4, 0.5) is 0 Å². The molecule has 0 heterocycles. The largest absolute Gasteiger partial charge is 0.494 e. The van der Waals surface area contributed by atoms with E-state index in [-0.39, 0.29) is 5.41 Å². The van der Waals surface area contributed by atoms with E-state index in [0.29, 0.717) is 6.61 Å². The molecule has 0 aliphatic carbocycles. The summed E-state index contributed by atoms with van der Waals surface area (Å²) in [5, 5.41) is 12.3. The second kappa shape index (κ2) is 7.03. The van der Waals surface area contributed by atoms with Crippen LogP contribution in [0.15, 0.2) is 24.3 Å². The van der Waals surface area contributed by atoms with Gasteiger partial charge >= 0.3 is 0 Å². The molecule has 0 radical (unpaired) electrons. The van der Waals surface area contributed by atoms with Crippen LogP contribution in [0, 0.1) is 16.7 Å². The Morgan fingerprint density at radius 2 is 2.17 bits per heavy atom. The minimum atomic E-state index is -0.250. The van der Waals surface area contributed by atoms with Crippen LogP contribution >= 0.6 is 0 Å². The van der Waals surface area contributed by atoms with Crippen LogP contribution in [0.3, 0.4) is 0 Å². The number of nitrogens with one attached hydrogen (secondary N) is 1. The summed E-state index contributed by atoms with van der Waals surface area (Å²) in [6, 6.07) is 10.4. The quantitative estimate of drug-likeness (QED) is 0.752. The molecule has 0 amide bonds. The number of nitriles is 1. The molecule has 3 heteroatoms. The Hall–Kier alpha value is -1.53. The van der Waals surface area contributed by atoms with Gasteiger partial charge in [0.25, 0.3) is 0 Å². The van der Waals surface area contributed by atoms with Gasteiger partial charge in [-0.3, -0.25) is 0 Å². The summed E-state index contributed by atoms with van der Waals surface area (Å²) in [5.41, 5.74) is 0.955. The monoisotopic (exact) mass is 246 g/mol. The summed E-state index contributed by atoms with van der Waals surface area (Å²) >= 11 is 0. The third-order valence-corrected chi connectivity index (χ3v) is 2.77. The van der Waals surface area contributed by atoms with Crippen molar-refractivity contribution in [2.75, 3.05) is 13.2 Å². The van der Waals surface area contributed by atoms with Crippen molar-refractivity contribution in [1.82, 2.24) is 5.32 Å². The van der Waals surface area contributed by atoms with Gasteiger partial charge in [0.2, 0.25) is 0 Å². The number of ether oxygens (including phenoxy) is 1. The van der Waals surface area contributed by atoms with Crippen LogP contribution in [0.5, 0.6) is 5.75 Å². The zero-order chi connectivity index (χ0) is 13.4. The lowest BCUT2D eigenvalue weighted by molar-refractivity contribution is 0.339. The lowest BCUT2D eigenvalue weighted by Gasteiger charge is -2.15. The van der Waals surface area contributed by atoms with E-state index in [1.807, 2.05) is 39.0 Å². The maximum atomic E-state index is 8.91. The molecule has 1 aromatic carbocycles. The molecule has 0 spiro atoms. The molecule has 0 saturated heterocycles. The van der Waals surface area contributed by atoms with Gasteiger partial charge in [-0.05, 0) is 51.4 Å². The first-order valence-corrected chi connectivity index (χ1v) is 6.41. The number of nitrogens with zero attached hydrogens (tertiary/aromatic N) is 1. The molecule has 98 valence electrons. The Labute approximate surface area is 110 Å². The second-order valence-corrected chi connectivity index (χ2v) is 5.00. The van der Waals surface area contributed by atoms with Crippen molar-refractivity contribution in [2.45, 2.75) is 33.7 Å². The summed E-state index contributed by atoms with van der Waals surface area (Å²) in [6.07, 6.45) is 0.856. The first-order chi connectivity index (χ1) is 8.57. The zero-order valence-electron chi connectivity index (χ0n) is 11.5. The molecular formula is C15H22N2O. The maximum absolute atomic E-state index is 8.91. The highest BCUT2D eigenvalue weighted by atomic mass is 16.5. The molecule has 1 N–H and O–H groups in total. The lowest BCUT2D eigenvalue weighted by Crippen LogP contribution is -2.21. The third-order valence-electron chi connectivity index (χ3n) is 2.77. The van der Waals surface area contributed by atoms with Gasteiger partial charge in [0.05, 0.1) is 18.1 Å².